The maximum absolute atomic E-state index is 11.7. The Kier molecular flexibility index (Phi) is 6.99. The van der Waals surface area contributed by atoms with Gasteiger partial charge in [0.05, 0.1) is 18.3 Å². The molecule has 0 saturated heterocycles. The zero-order chi connectivity index (χ0) is 18.9. The van der Waals surface area contributed by atoms with Crippen LogP contribution in [0.4, 0.5) is 0 Å². The summed E-state index contributed by atoms with van der Waals surface area (Å²) < 4.78 is 15.5. The predicted octanol–water partition coefficient (Wildman–Crippen LogP) is 2.80. The smallest absolute Gasteiger partial charge is 0.308 e. The quantitative estimate of drug-likeness (QED) is 0.347. The minimum Gasteiger partial charge on any atom is -0.493 e. The molecule has 0 heterocycles. The van der Waals surface area contributed by atoms with Crippen molar-refractivity contribution < 1.29 is 23.8 Å². The van der Waals surface area contributed by atoms with Gasteiger partial charge >= 0.3 is 5.97 Å². The summed E-state index contributed by atoms with van der Waals surface area (Å²) in [6.45, 7) is 1.07. The molecule has 0 aliphatic heterocycles. The fraction of sp³-hybridized carbons (Fsp3) is 0.167. The lowest BCUT2D eigenvalue weighted by Crippen LogP contribution is -2.24. The number of hydrazone groups is 1. The van der Waals surface area contributed by atoms with Crippen LogP contribution in [0.2, 0.25) is 5.02 Å². The number of halogens is 1. The van der Waals surface area contributed by atoms with Crippen LogP contribution in [0.25, 0.3) is 0 Å². The number of benzene rings is 2. The summed E-state index contributed by atoms with van der Waals surface area (Å²) in [5, 5.41) is 4.26. The van der Waals surface area contributed by atoms with Crippen LogP contribution in [0.5, 0.6) is 17.2 Å². The molecule has 136 valence electrons. The Morgan fingerprint density at radius 3 is 2.62 bits per heavy atom. The van der Waals surface area contributed by atoms with Crippen LogP contribution >= 0.6 is 11.6 Å². The van der Waals surface area contributed by atoms with E-state index in [9.17, 15) is 9.59 Å². The Morgan fingerprint density at radius 2 is 1.92 bits per heavy atom. The number of carbonyl (C=O) groups is 2. The number of nitrogens with one attached hydrogen (secondary N) is 1. The van der Waals surface area contributed by atoms with Crippen molar-refractivity contribution in [3.05, 3.63) is 53.1 Å². The van der Waals surface area contributed by atoms with Gasteiger partial charge in [0.1, 0.15) is 5.75 Å². The Balaban J connectivity index is 1.90. The molecule has 0 aromatic heterocycles. The van der Waals surface area contributed by atoms with E-state index in [-0.39, 0.29) is 6.61 Å². The highest BCUT2D eigenvalue weighted by molar-refractivity contribution is 6.32. The molecule has 1 N–H and O–H groups in total. The number of rotatable bonds is 7. The summed E-state index contributed by atoms with van der Waals surface area (Å²) in [4.78, 5) is 22.8. The van der Waals surface area contributed by atoms with Crippen LogP contribution < -0.4 is 19.6 Å². The van der Waals surface area contributed by atoms with Crippen molar-refractivity contribution in [1.29, 1.82) is 0 Å². The molecule has 1 amide bonds. The summed E-state index contributed by atoms with van der Waals surface area (Å²) in [6.07, 6.45) is 1.42. The maximum Gasteiger partial charge on any atom is 0.308 e. The van der Waals surface area contributed by atoms with Gasteiger partial charge in [0.25, 0.3) is 5.91 Å². The molecule has 2 aromatic rings. The van der Waals surface area contributed by atoms with Gasteiger partial charge in [-0.15, -0.1) is 0 Å². The van der Waals surface area contributed by atoms with Crippen molar-refractivity contribution in [2.75, 3.05) is 13.7 Å². The molecule has 0 spiro atoms. The van der Waals surface area contributed by atoms with Gasteiger partial charge in [-0.1, -0.05) is 23.7 Å². The van der Waals surface area contributed by atoms with Crippen molar-refractivity contribution in [1.82, 2.24) is 5.43 Å². The number of esters is 1. The number of ether oxygens (including phenoxy) is 3. The Hall–Kier alpha value is -3.06. The van der Waals surface area contributed by atoms with E-state index in [4.69, 9.17) is 25.8 Å². The molecular formula is C18H17ClN2O5. The molecule has 0 fully saturated rings. The van der Waals surface area contributed by atoms with E-state index >= 15 is 0 Å². The predicted molar refractivity (Wildman–Crippen MR) is 97.0 cm³/mol. The second-order valence-electron chi connectivity index (χ2n) is 5.02. The van der Waals surface area contributed by atoms with Gasteiger partial charge in [-0.05, 0) is 35.9 Å². The van der Waals surface area contributed by atoms with Crippen molar-refractivity contribution in [3.63, 3.8) is 0 Å². The van der Waals surface area contributed by atoms with E-state index in [1.54, 1.807) is 42.5 Å². The SMILES string of the molecule is COc1cc(/C=N/NC(=O)COc2ccccc2Cl)ccc1OC(C)=O. The second kappa shape index (κ2) is 9.43. The van der Waals surface area contributed by atoms with E-state index in [2.05, 4.69) is 10.5 Å². The van der Waals surface area contributed by atoms with Crippen LogP contribution in [0.15, 0.2) is 47.6 Å². The second-order valence-corrected chi connectivity index (χ2v) is 5.42. The molecule has 26 heavy (non-hydrogen) atoms. The van der Waals surface area contributed by atoms with E-state index in [1.807, 2.05) is 0 Å². The number of nitrogens with zero attached hydrogens (tertiary/aromatic N) is 1. The lowest BCUT2D eigenvalue weighted by Gasteiger charge is -2.08. The zero-order valence-electron chi connectivity index (χ0n) is 14.2. The molecule has 7 nitrogen and oxygen atoms in total. The first-order valence-corrected chi connectivity index (χ1v) is 7.93. The lowest BCUT2D eigenvalue weighted by atomic mass is 10.2. The van der Waals surface area contributed by atoms with Gasteiger partial charge in [-0.25, -0.2) is 5.43 Å². The molecule has 0 radical (unpaired) electrons. The highest BCUT2D eigenvalue weighted by Crippen LogP contribution is 2.27. The van der Waals surface area contributed by atoms with E-state index in [0.29, 0.717) is 27.8 Å². The number of hydrogen-bond acceptors (Lipinski definition) is 6. The van der Waals surface area contributed by atoms with Gasteiger partial charge in [0.2, 0.25) is 0 Å². The van der Waals surface area contributed by atoms with E-state index < -0.39 is 11.9 Å². The number of para-hydroxylation sites is 1. The van der Waals surface area contributed by atoms with Gasteiger partial charge < -0.3 is 14.2 Å². The minimum absolute atomic E-state index is 0.226. The summed E-state index contributed by atoms with van der Waals surface area (Å²) in [5.74, 6) is 0.200. The highest BCUT2D eigenvalue weighted by atomic mass is 35.5. The summed E-state index contributed by atoms with van der Waals surface area (Å²) in [7, 11) is 1.46. The molecule has 0 aliphatic carbocycles. The summed E-state index contributed by atoms with van der Waals surface area (Å²) in [5.41, 5.74) is 2.98. The van der Waals surface area contributed by atoms with Gasteiger partial charge in [-0.2, -0.15) is 5.10 Å². The molecule has 2 rings (SSSR count). The molecule has 0 aliphatic rings. The van der Waals surface area contributed by atoms with E-state index in [1.165, 1.54) is 20.2 Å². The molecule has 0 saturated carbocycles. The monoisotopic (exact) mass is 376 g/mol. The summed E-state index contributed by atoms with van der Waals surface area (Å²) in [6, 6.07) is 11.7. The largest absolute Gasteiger partial charge is 0.493 e. The third kappa shape index (κ3) is 5.78. The average molecular weight is 377 g/mol. The van der Waals surface area contributed by atoms with Crippen LogP contribution in [0, 0.1) is 0 Å². The van der Waals surface area contributed by atoms with Crippen molar-refractivity contribution in [2.24, 2.45) is 5.10 Å². The zero-order valence-corrected chi connectivity index (χ0v) is 14.9. The standard InChI is InChI=1S/C18H17ClN2O5/c1-12(22)26-16-8-7-13(9-17(16)24-2)10-20-21-18(23)11-25-15-6-4-3-5-14(15)19/h3-10H,11H2,1-2H3,(H,21,23)/b20-10+. The molecule has 8 heteroatoms. The Morgan fingerprint density at radius 1 is 1.15 bits per heavy atom. The first-order valence-electron chi connectivity index (χ1n) is 7.55. The number of methoxy groups -OCH3 is 1. The van der Waals surface area contributed by atoms with Crippen LogP contribution in [0.1, 0.15) is 12.5 Å². The van der Waals surface area contributed by atoms with E-state index in [0.717, 1.165) is 0 Å². The third-order valence-corrected chi connectivity index (χ3v) is 3.35. The average Bonchev–Trinajstić information content (AvgIpc) is 2.61. The molecule has 2 aromatic carbocycles. The maximum atomic E-state index is 11.7. The number of hydrogen-bond donors (Lipinski definition) is 1. The Bertz CT molecular complexity index is 823. The van der Waals surface area contributed by atoms with Gasteiger partial charge in [0, 0.05) is 6.92 Å². The first-order chi connectivity index (χ1) is 12.5. The topological polar surface area (TPSA) is 86.2 Å². The highest BCUT2D eigenvalue weighted by Gasteiger charge is 2.08. The van der Waals surface area contributed by atoms with Gasteiger partial charge in [0.15, 0.2) is 18.1 Å². The van der Waals surface area contributed by atoms with Crippen molar-refractivity contribution in [2.45, 2.75) is 6.92 Å². The normalized spacial score (nSPS) is 10.4. The van der Waals surface area contributed by atoms with Gasteiger partial charge in [-0.3, -0.25) is 9.59 Å². The molecular weight excluding hydrogens is 360 g/mol. The fourth-order valence-electron chi connectivity index (χ4n) is 1.92. The molecule has 0 atom stereocenters. The van der Waals surface area contributed by atoms with Crippen LogP contribution in [-0.2, 0) is 9.59 Å². The summed E-state index contributed by atoms with van der Waals surface area (Å²) >= 11 is 5.94. The number of carbonyl (C=O) groups excluding carboxylic acids is 2. The minimum atomic E-state index is -0.449. The van der Waals surface area contributed by atoms with Crippen LogP contribution in [-0.4, -0.2) is 31.8 Å². The Labute approximate surface area is 155 Å². The fourth-order valence-corrected chi connectivity index (χ4v) is 2.11. The number of amides is 1. The molecule has 0 bridgehead atoms. The third-order valence-electron chi connectivity index (χ3n) is 3.04. The van der Waals surface area contributed by atoms with Crippen molar-refractivity contribution >= 4 is 29.7 Å². The lowest BCUT2D eigenvalue weighted by molar-refractivity contribution is -0.132. The molecule has 0 unspecified atom stereocenters. The van der Waals surface area contributed by atoms with Crippen LogP contribution in [0.3, 0.4) is 0 Å². The first kappa shape index (κ1) is 19.3. The van der Waals surface area contributed by atoms with Crippen molar-refractivity contribution in [3.8, 4) is 17.2 Å².